The van der Waals surface area contributed by atoms with E-state index in [-0.39, 0.29) is 0 Å². The fourth-order valence-electron chi connectivity index (χ4n) is 1.16. The predicted molar refractivity (Wildman–Crippen MR) is 64.5 cm³/mol. The number of halogens is 1. The summed E-state index contributed by atoms with van der Waals surface area (Å²) in [7, 11) is 0. The first-order valence-corrected chi connectivity index (χ1v) is 5.83. The van der Waals surface area contributed by atoms with Gasteiger partial charge in [-0.2, -0.15) is 0 Å². The molecular formula is C12H14BrN. The van der Waals surface area contributed by atoms with E-state index in [2.05, 4.69) is 52.1 Å². The standard InChI is InChI=1S/C12H14BrN/c1-2-14-10-12-6-3-5-11(9-12)7-4-8-13/h3,5-6,9,14H,2,8,10H2,1H3. The molecule has 1 aromatic carbocycles. The van der Waals surface area contributed by atoms with Gasteiger partial charge in [-0.1, -0.05) is 46.8 Å². The van der Waals surface area contributed by atoms with Crippen LogP contribution < -0.4 is 5.32 Å². The minimum Gasteiger partial charge on any atom is -0.313 e. The van der Waals surface area contributed by atoms with Gasteiger partial charge < -0.3 is 5.32 Å². The molecule has 0 amide bonds. The molecule has 1 rings (SSSR count). The van der Waals surface area contributed by atoms with Crippen molar-refractivity contribution in [1.82, 2.24) is 5.32 Å². The monoisotopic (exact) mass is 251 g/mol. The molecular weight excluding hydrogens is 238 g/mol. The lowest BCUT2D eigenvalue weighted by Crippen LogP contribution is -2.11. The van der Waals surface area contributed by atoms with E-state index in [0.29, 0.717) is 0 Å². The largest absolute Gasteiger partial charge is 0.313 e. The number of hydrogen-bond donors (Lipinski definition) is 1. The first kappa shape index (κ1) is 11.3. The molecule has 74 valence electrons. The van der Waals surface area contributed by atoms with Crippen molar-refractivity contribution in [2.24, 2.45) is 0 Å². The van der Waals surface area contributed by atoms with Crippen LogP contribution >= 0.6 is 15.9 Å². The molecule has 1 aromatic rings. The molecule has 1 N–H and O–H groups in total. The molecule has 0 saturated carbocycles. The molecule has 0 spiro atoms. The van der Waals surface area contributed by atoms with Gasteiger partial charge in [0.2, 0.25) is 0 Å². The first-order valence-electron chi connectivity index (χ1n) is 4.71. The molecule has 0 unspecified atom stereocenters. The van der Waals surface area contributed by atoms with Crippen LogP contribution in [0.1, 0.15) is 18.1 Å². The van der Waals surface area contributed by atoms with Crippen molar-refractivity contribution in [2.75, 3.05) is 11.9 Å². The summed E-state index contributed by atoms with van der Waals surface area (Å²) in [5, 5.41) is 4.02. The summed E-state index contributed by atoms with van der Waals surface area (Å²) in [6.07, 6.45) is 0. The van der Waals surface area contributed by atoms with Gasteiger partial charge in [-0.3, -0.25) is 0 Å². The molecule has 14 heavy (non-hydrogen) atoms. The van der Waals surface area contributed by atoms with Crippen molar-refractivity contribution < 1.29 is 0 Å². The third-order valence-electron chi connectivity index (χ3n) is 1.81. The topological polar surface area (TPSA) is 12.0 Å². The fourth-order valence-corrected chi connectivity index (χ4v) is 1.30. The lowest BCUT2D eigenvalue weighted by Gasteiger charge is -2.01. The van der Waals surface area contributed by atoms with Gasteiger partial charge in [0, 0.05) is 12.1 Å². The van der Waals surface area contributed by atoms with E-state index < -0.39 is 0 Å². The van der Waals surface area contributed by atoms with E-state index in [9.17, 15) is 0 Å². The maximum Gasteiger partial charge on any atom is 0.0649 e. The van der Waals surface area contributed by atoms with Gasteiger partial charge in [0.05, 0.1) is 5.33 Å². The van der Waals surface area contributed by atoms with Crippen molar-refractivity contribution in [3.63, 3.8) is 0 Å². The zero-order valence-electron chi connectivity index (χ0n) is 8.31. The van der Waals surface area contributed by atoms with Gasteiger partial charge in [-0.25, -0.2) is 0 Å². The molecule has 0 aromatic heterocycles. The van der Waals surface area contributed by atoms with Crippen molar-refractivity contribution in [3.8, 4) is 11.8 Å². The highest BCUT2D eigenvalue weighted by molar-refractivity contribution is 9.09. The van der Waals surface area contributed by atoms with E-state index in [0.717, 1.165) is 24.0 Å². The molecule has 0 radical (unpaired) electrons. The van der Waals surface area contributed by atoms with Gasteiger partial charge in [-0.05, 0) is 24.2 Å². The molecule has 2 heteroatoms. The zero-order chi connectivity index (χ0) is 10.2. The second kappa shape index (κ2) is 6.64. The fraction of sp³-hybridized carbons (Fsp3) is 0.333. The van der Waals surface area contributed by atoms with Crippen molar-refractivity contribution in [2.45, 2.75) is 13.5 Å². The van der Waals surface area contributed by atoms with E-state index in [4.69, 9.17) is 0 Å². The number of hydrogen-bond acceptors (Lipinski definition) is 1. The molecule has 0 aliphatic heterocycles. The number of benzene rings is 1. The van der Waals surface area contributed by atoms with Gasteiger partial charge in [0.25, 0.3) is 0 Å². The molecule has 0 aliphatic rings. The highest BCUT2D eigenvalue weighted by Crippen LogP contribution is 2.03. The molecule has 0 aliphatic carbocycles. The van der Waals surface area contributed by atoms with Crippen LogP contribution in [-0.2, 0) is 6.54 Å². The van der Waals surface area contributed by atoms with Crippen LogP contribution in [0.2, 0.25) is 0 Å². The summed E-state index contributed by atoms with van der Waals surface area (Å²) in [5.74, 6) is 6.08. The van der Waals surface area contributed by atoms with Crippen LogP contribution in [0.15, 0.2) is 24.3 Å². The SMILES string of the molecule is CCNCc1cccc(C#CCBr)c1. The molecule has 1 nitrogen and oxygen atoms in total. The van der Waals surface area contributed by atoms with Crippen LogP contribution in [-0.4, -0.2) is 11.9 Å². The minimum absolute atomic E-state index is 0.727. The van der Waals surface area contributed by atoms with Crippen LogP contribution in [0.25, 0.3) is 0 Å². The predicted octanol–water partition coefficient (Wildman–Crippen LogP) is 2.54. The van der Waals surface area contributed by atoms with E-state index in [1.54, 1.807) is 0 Å². The zero-order valence-corrected chi connectivity index (χ0v) is 9.89. The summed E-state index contributed by atoms with van der Waals surface area (Å²) in [6.45, 7) is 4.02. The Bertz CT molecular complexity index is 336. The molecule has 0 bridgehead atoms. The van der Waals surface area contributed by atoms with Crippen LogP contribution in [0.4, 0.5) is 0 Å². The van der Waals surface area contributed by atoms with E-state index in [1.165, 1.54) is 5.56 Å². The van der Waals surface area contributed by atoms with Gasteiger partial charge in [0.1, 0.15) is 0 Å². The third-order valence-corrected chi connectivity index (χ3v) is 2.09. The quantitative estimate of drug-likeness (QED) is 0.644. The Kier molecular flexibility index (Phi) is 5.36. The van der Waals surface area contributed by atoms with Gasteiger partial charge in [0.15, 0.2) is 0 Å². The number of rotatable bonds is 3. The smallest absolute Gasteiger partial charge is 0.0649 e. The van der Waals surface area contributed by atoms with Crippen LogP contribution in [0, 0.1) is 11.8 Å². The minimum atomic E-state index is 0.727. The Morgan fingerprint density at radius 3 is 3.00 bits per heavy atom. The maximum atomic E-state index is 3.29. The maximum absolute atomic E-state index is 3.29. The Balaban J connectivity index is 2.68. The molecule has 0 fully saturated rings. The molecule has 0 heterocycles. The van der Waals surface area contributed by atoms with Crippen LogP contribution in [0.3, 0.4) is 0 Å². The van der Waals surface area contributed by atoms with Gasteiger partial charge in [-0.15, -0.1) is 0 Å². The third kappa shape index (κ3) is 3.95. The average molecular weight is 252 g/mol. The van der Waals surface area contributed by atoms with Crippen molar-refractivity contribution in [3.05, 3.63) is 35.4 Å². The Morgan fingerprint density at radius 2 is 2.29 bits per heavy atom. The normalized spacial score (nSPS) is 9.29. The Hall–Kier alpha value is -0.780. The first-order chi connectivity index (χ1) is 6.86. The van der Waals surface area contributed by atoms with E-state index in [1.807, 2.05) is 12.1 Å². The number of nitrogens with one attached hydrogen (secondary N) is 1. The lowest BCUT2D eigenvalue weighted by atomic mass is 10.1. The lowest BCUT2D eigenvalue weighted by molar-refractivity contribution is 0.727. The van der Waals surface area contributed by atoms with E-state index >= 15 is 0 Å². The Morgan fingerprint density at radius 1 is 1.43 bits per heavy atom. The highest BCUT2D eigenvalue weighted by Gasteiger charge is 1.92. The average Bonchev–Trinajstić information content (AvgIpc) is 2.24. The molecule has 0 atom stereocenters. The van der Waals surface area contributed by atoms with Gasteiger partial charge >= 0.3 is 0 Å². The second-order valence-corrected chi connectivity index (χ2v) is 3.48. The summed E-state index contributed by atoms with van der Waals surface area (Å²) >= 11 is 3.28. The summed E-state index contributed by atoms with van der Waals surface area (Å²) in [4.78, 5) is 0. The van der Waals surface area contributed by atoms with Crippen molar-refractivity contribution in [1.29, 1.82) is 0 Å². The highest BCUT2D eigenvalue weighted by atomic mass is 79.9. The van der Waals surface area contributed by atoms with Crippen LogP contribution in [0.5, 0.6) is 0 Å². The second-order valence-electron chi connectivity index (χ2n) is 2.92. The van der Waals surface area contributed by atoms with Crippen molar-refractivity contribution >= 4 is 15.9 Å². The summed E-state index contributed by atoms with van der Waals surface area (Å²) < 4.78 is 0. The summed E-state index contributed by atoms with van der Waals surface area (Å²) in [5.41, 5.74) is 2.37. The molecule has 0 saturated heterocycles. The Labute approximate surface area is 94.0 Å². The summed E-state index contributed by atoms with van der Waals surface area (Å²) in [6, 6.07) is 8.32. The number of alkyl halides is 1.